The van der Waals surface area contributed by atoms with Gasteiger partial charge in [-0.3, -0.25) is 0 Å². The fourth-order valence-electron chi connectivity index (χ4n) is 3.33. The highest BCUT2D eigenvalue weighted by Gasteiger charge is 2.29. The molecule has 0 aliphatic heterocycles. The van der Waals surface area contributed by atoms with Gasteiger partial charge in [0.1, 0.15) is 11.9 Å². The highest BCUT2D eigenvalue weighted by atomic mass is 16.5. The molecule has 1 aromatic carbocycles. The van der Waals surface area contributed by atoms with Gasteiger partial charge in [-0.1, -0.05) is 45.7 Å². The average Bonchev–Trinajstić information content (AvgIpc) is 2.51. The largest absolute Gasteiger partial charge is 0.489 e. The van der Waals surface area contributed by atoms with E-state index in [9.17, 15) is 0 Å². The van der Waals surface area contributed by atoms with Crippen molar-refractivity contribution >= 4 is 0 Å². The Morgan fingerprint density at radius 1 is 1.19 bits per heavy atom. The second-order valence-electron chi connectivity index (χ2n) is 6.67. The molecule has 2 N–H and O–H groups in total. The molecule has 0 aromatic heterocycles. The van der Waals surface area contributed by atoms with Gasteiger partial charge in [-0.15, -0.1) is 0 Å². The van der Waals surface area contributed by atoms with Crippen LogP contribution in [0.4, 0.5) is 0 Å². The lowest BCUT2D eigenvalue weighted by Crippen LogP contribution is -2.43. The highest BCUT2D eigenvalue weighted by molar-refractivity contribution is 5.29. The van der Waals surface area contributed by atoms with E-state index in [1.165, 1.54) is 31.2 Å². The predicted octanol–water partition coefficient (Wildman–Crippen LogP) is 4.88. The van der Waals surface area contributed by atoms with E-state index in [-0.39, 0.29) is 12.1 Å². The van der Waals surface area contributed by atoms with Crippen molar-refractivity contribution in [3.63, 3.8) is 0 Å². The van der Waals surface area contributed by atoms with Gasteiger partial charge < -0.3 is 10.5 Å². The fraction of sp³-hybridized carbons (Fsp3) is 0.684. The van der Waals surface area contributed by atoms with E-state index in [1.807, 2.05) is 0 Å². The van der Waals surface area contributed by atoms with Crippen LogP contribution in [0.5, 0.6) is 5.75 Å². The third kappa shape index (κ3) is 4.47. The van der Waals surface area contributed by atoms with Crippen LogP contribution >= 0.6 is 0 Å². The molecule has 4 atom stereocenters. The zero-order valence-corrected chi connectivity index (χ0v) is 13.8. The molecular formula is C19H31NO. The predicted molar refractivity (Wildman–Crippen MR) is 89.8 cm³/mol. The summed E-state index contributed by atoms with van der Waals surface area (Å²) >= 11 is 0. The summed E-state index contributed by atoms with van der Waals surface area (Å²) in [4.78, 5) is 0. The van der Waals surface area contributed by atoms with Crippen LogP contribution in [0.25, 0.3) is 0 Å². The van der Waals surface area contributed by atoms with Gasteiger partial charge in [-0.2, -0.15) is 0 Å². The first kappa shape index (κ1) is 16.4. The fourth-order valence-corrected chi connectivity index (χ4v) is 3.33. The maximum atomic E-state index is 6.26. The van der Waals surface area contributed by atoms with Crippen molar-refractivity contribution in [3.8, 4) is 5.75 Å². The molecule has 1 aliphatic rings. The molecule has 118 valence electrons. The van der Waals surface area contributed by atoms with E-state index < -0.39 is 0 Å². The van der Waals surface area contributed by atoms with Crippen molar-refractivity contribution in [2.75, 3.05) is 0 Å². The Morgan fingerprint density at radius 3 is 2.52 bits per heavy atom. The summed E-state index contributed by atoms with van der Waals surface area (Å²) in [5.74, 6) is 2.38. The van der Waals surface area contributed by atoms with Crippen LogP contribution in [-0.2, 0) is 0 Å². The molecule has 21 heavy (non-hydrogen) atoms. The van der Waals surface area contributed by atoms with Crippen LogP contribution in [-0.4, -0.2) is 12.1 Å². The molecule has 1 aromatic rings. The first-order chi connectivity index (χ1) is 10.1. The first-order valence-electron chi connectivity index (χ1n) is 8.66. The van der Waals surface area contributed by atoms with Gasteiger partial charge >= 0.3 is 0 Å². The van der Waals surface area contributed by atoms with Crippen molar-refractivity contribution in [2.24, 2.45) is 11.7 Å². The zero-order valence-electron chi connectivity index (χ0n) is 13.8. The van der Waals surface area contributed by atoms with E-state index in [0.29, 0.717) is 5.92 Å². The molecule has 1 aliphatic carbocycles. The smallest absolute Gasteiger partial charge is 0.119 e. The third-order valence-corrected chi connectivity index (χ3v) is 5.00. The number of hydrogen-bond acceptors (Lipinski definition) is 2. The van der Waals surface area contributed by atoms with Crippen LogP contribution in [0.15, 0.2) is 24.3 Å². The minimum atomic E-state index is 0.185. The molecule has 2 rings (SSSR count). The molecule has 0 spiro atoms. The molecule has 0 amide bonds. The Hall–Kier alpha value is -1.02. The van der Waals surface area contributed by atoms with Crippen molar-refractivity contribution in [1.82, 2.24) is 0 Å². The van der Waals surface area contributed by atoms with E-state index in [0.717, 1.165) is 24.5 Å². The van der Waals surface area contributed by atoms with Crippen LogP contribution in [0, 0.1) is 5.92 Å². The van der Waals surface area contributed by atoms with Gasteiger partial charge in [0.15, 0.2) is 0 Å². The summed E-state index contributed by atoms with van der Waals surface area (Å²) in [5, 5.41) is 0. The SMILES string of the molecule is CCCC1CCC(N)C(Oc2ccc(C(C)CC)cc2)C1. The summed E-state index contributed by atoms with van der Waals surface area (Å²) in [6, 6.07) is 8.80. The minimum absolute atomic E-state index is 0.185. The topological polar surface area (TPSA) is 35.2 Å². The third-order valence-electron chi connectivity index (χ3n) is 5.00. The van der Waals surface area contributed by atoms with E-state index in [1.54, 1.807) is 0 Å². The van der Waals surface area contributed by atoms with Crippen LogP contribution in [0.3, 0.4) is 0 Å². The first-order valence-corrected chi connectivity index (χ1v) is 8.66. The lowest BCUT2D eigenvalue weighted by Gasteiger charge is -2.34. The van der Waals surface area contributed by atoms with Gasteiger partial charge in [-0.25, -0.2) is 0 Å². The van der Waals surface area contributed by atoms with Crippen molar-refractivity contribution < 1.29 is 4.74 Å². The molecule has 0 heterocycles. The molecule has 0 saturated heterocycles. The molecule has 2 heteroatoms. The second kappa shape index (κ2) is 7.84. The second-order valence-corrected chi connectivity index (χ2v) is 6.67. The lowest BCUT2D eigenvalue weighted by atomic mass is 9.82. The Bertz CT molecular complexity index is 414. The van der Waals surface area contributed by atoms with Crippen molar-refractivity contribution in [2.45, 2.75) is 77.4 Å². The standard InChI is InChI=1S/C19H31NO/c1-4-6-15-7-12-18(20)19(13-15)21-17-10-8-16(9-11-17)14(3)5-2/h8-11,14-15,18-19H,4-7,12-13,20H2,1-3H3. The van der Waals surface area contributed by atoms with Gasteiger partial charge in [0.2, 0.25) is 0 Å². The summed E-state index contributed by atoms with van der Waals surface area (Å²) in [5.41, 5.74) is 7.65. The zero-order chi connectivity index (χ0) is 15.2. The monoisotopic (exact) mass is 289 g/mol. The average molecular weight is 289 g/mol. The van der Waals surface area contributed by atoms with Gasteiger partial charge in [-0.05, 0) is 55.2 Å². The summed E-state index contributed by atoms with van der Waals surface area (Å²) in [7, 11) is 0. The minimum Gasteiger partial charge on any atom is -0.489 e. The van der Waals surface area contributed by atoms with E-state index in [4.69, 9.17) is 10.5 Å². The van der Waals surface area contributed by atoms with E-state index in [2.05, 4.69) is 45.0 Å². The normalized spacial score (nSPS) is 27.3. The Labute approximate surface area is 130 Å². The lowest BCUT2D eigenvalue weighted by molar-refractivity contribution is 0.0993. The number of nitrogens with two attached hydrogens (primary N) is 1. The quantitative estimate of drug-likeness (QED) is 0.810. The number of hydrogen-bond donors (Lipinski definition) is 1. The molecule has 0 bridgehead atoms. The molecule has 1 fully saturated rings. The number of rotatable bonds is 6. The molecule has 2 nitrogen and oxygen atoms in total. The maximum Gasteiger partial charge on any atom is 0.119 e. The number of benzene rings is 1. The van der Waals surface area contributed by atoms with Gasteiger partial charge in [0, 0.05) is 6.04 Å². The van der Waals surface area contributed by atoms with Crippen molar-refractivity contribution in [3.05, 3.63) is 29.8 Å². The summed E-state index contributed by atoms with van der Waals surface area (Å²) in [6.45, 7) is 6.75. The Kier molecular flexibility index (Phi) is 6.10. The number of ether oxygens (including phenoxy) is 1. The van der Waals surface area contributed by atoms with Crippen LogP contribution in [0.1, 0.15) is 70.8 Å². The van der Waals surface area contributed by atoms with Crippen LogP contribution in [0.2, 0.25) is 0 Å². The van der Waals surface area contributed by atoms with Gasteiger partial charge in [0.25, 0.3) is 0 Å². The summed E-state index contributed by atoms with van der Waals surface area (Å²) in [6.07, 6.45) is 7.40. The van der Waals surface area contributed by atoms with Gasteiger partial charge in [0.05, 0.1) is 0 Å². The Morgan fingerprint density at radius 2 is 1.90 bits per heavy atom. The van der Waals surface area contributed by atoms with Crippen LogP contribution < -0.4 is 10.5 Å². The van der Waals surface area contributed by atoms with E-state index >= 15 is 0 Å². The maximum absolute atomic E-state index is 6.26. The highest BCUT2D eigenvalue weighted by Crippen LogP contribution is 2.30. The molecule has 1 saturated carbocycles. The molecule has 4 unspecified atom stereocenters. The molecular weight excluding hydrogens is 258 g/mol. The molecule has 0 radical (unpaired) electrons. The summed E-state index contributed by atoms with van der Waals surface area (Å²) < 4.78 is 6.19. The van der Waals surface area contributed by atoms with Crippen molar-refractivity contribution in [1.29, 1.82) is 0 Å². The Balaban J connectivity index is 1.96.